The second kappa shape index (κ2) is 11.7. The number of methoxy groups -OCH3 is 1. The van der Waals surface area contributed by atoms with Crippen molar-refractivity contribution in [2.75, 3.05) is 7.11 Å². The van der Waals surface area contributed by atoms with Crippen LogP contribution in [0.15, 0.2) is 65.6 Å². The summed E-state index contributed by atoms with van der Waals surface area (Å²) >= 11 is 1.75. The number of rotatable bonds is 10. The molecule has 0 saturated heterocycles. The Bertz CT molecular complexity index is 1250. The minimum atomic E-state index is -0.764. The number of hydrogen-bond acceptors (Lipinski definition) is 3. The van der Waals surface area contributed by atoms with Gasteiger partial charge in [0.15, 0.2) is 0 Å². The van der Waals surface area contributed by atoms with E-state index >= 15 is 4.39 Å². The van der Waals surface area contributed by atoms with Gasteiger partial charge in [-0.3, -0.25) is 4.79 Å². The third-order valence-electron chi connectivity index (χ3n) is 7.86. The van der Waals surface area contributed by atoms with Crippen molar-refractivity contribution in [2.24, 2.45) is 5.41 Å². The van der Waals surface area contributed by atoms with Crippen LogP contribution in [0.1, 0.15) is 81.4 Å². The zero-order valence-corrected chi connectivity index (χ0v) is 23.0. The van der Waals surface area contributed by atoms with E-state index in [-0.39, 0.29) is 23.6 Å². The number of benzene rings is 3. The molecule has 0 aliphatic heterocycles. The van der Waals surface area contributed by atoms with Gasteiger partial charge in [0.05, 0.1) is 13.5 Å². The molecule has 0 unspecified atom stereocenters. The van der Waals surface area contributed by atoms with Gasteiger partial charge in [0.2, 0.25) is 0 Å². The predicted octanol–water partition coefficient (Wildman–Crippen LogP) is 9.06. The molecule has 1 fully saturated rings. The molecule has 196 valence electrons. The van der Waals surface area contributed by atoms with Crippen molar-refractivity contribution in [2.45, 2.75) is 75.4 Å². The standard InChI is InChI=1S/C32H37FO3S/c1-5-22(18-31(34)35)23-8-6-9-25(17-23)37-20-21-11-13-26(28-19-24(36-4)12-14-30(28)33)27(16-21)29-10-7-15-32(29,2)3/h6,8-9,11-14,16-17,19,22,29H,5,7,10,15,18,20H2,1-4H3,(H,34,35)/t22-,29-/m0/s1. The van der Waals surface area contributed by atoms with E-state index in [1.54, 1.807) is 31.0 Å². The summed E-state index contributed by atoms with van der Waals surface area (Å²) in [6.45, 7) is 6.68. The summed E-state index contributed by atoms with van der Waals surface area (Å²) in [4.78, 5) is 12.4. The Balaban J connectivity index is 1.64. The number of carbonyl (C=O) groups is 1. The summed E-state index contributed by atoms with van der Waals surface area (Å²) in [6.07, 6.45) is 4.39. The van der Waals surface area contributed by atoms with Gasteiger partial charge in [0.25, 0.3) is 0 Å². The molecular weight excluding hydrogens is 483 g/mol. The van der Waals surface area contributed by atoms with E-state index in [2.05, 4.69) is 44.2 Å². The van der Waals surface area contributed by atoms with Crippen LogP contribution in [0, 0.1) is 11.2 Å². The van der Waals surface area contributed by atoms with Crippen molar-refractivity contribution >= 4 is 17.7 Å². The second-order valence-corrected chi connectivity index (χ2v) is 11.8. The zero-order chi connectivity index (χ0) is 26.6. The summed E-state index contributed by atoms with van der Waals surface area (Å²) in [5.41, 5.74) is 5.20. The fourth-order valence-corrected chi connectivity index (χ4v) is 6.62. The van der Waals surface area contributed by atoms with Crippen LogP contribution in [-0.4, -0.2) is 18.2 Å². The quantitative estimate of drug-likeness (QED) is 0.271. The van der Waals surface area contributed by atoms with Gasteiger partial charge in [-0.2, -0.15) is 0 Å². The molecule has 0 aromatic heterocycles. The minimum Gasteiger partial charge on any atom is -0.497 e. The summed E-state index contributed by atoms with van der Waals surface area (Å²) in [6, 6.07) is 19.7. The van der Waals surface area contributed by atoms with Crippen LogP contribution in [0.5, 0.6) is 5.75 Å². The molecule has 0 heterocycles. The van der Waals surface area contributed by atoms with Gasteiger partial charge in [-0.15, -0.1) is 11.8 Å². The fraction of sp³-hybridized carbons (Fsp3) is 0.406. The number of hydrogen-bond donors (Lipinski definition) is 1. The molecule has 2 atom stereocenters. The molecule has 0 radical (unpaired) electrons. The Morgan fingerprint density at radius 1 is 1.14 bits per heavy atom. The molecule has 5 heteroatoms. The Hall–Kier alpha value is -2.79. The molecule has 1 aliphatic rings. The van der Waals surface area contributed by atoms with E-state index in [4.69, 9.17) is 4.74 Å². The van der Waals surface area contributed by atoms with Gasteiger partial charge in [-0.25, -0.2) is 4.39 Å². The highest BCUT2D eigenvalue weighted by molar-refractivity contribution is 7.98. The van der Waals surface area contributed by atoms with E-state index in [0.717, 1.165) is 34.6 Å². The highest BCUT2D eigenvalue weighted by Gasteiger charge is 2.37. The van der Waals surface area contributed by atoms with Crippen molar-refractivity contribution in [3.05, 3.63) is 83.2 Å². The van der Waals surface area contributed by atoms with E-state index in [9.17, 15) is 9.90 Å². The number of thioether (sulfide) groups is 1. The molecule has 1 aliphatic carbocycles. The van der Waals surface area contributed by atoms with Gasteiger partial charge in [-0.1, -0.05) is 57.5 Å². The van der Waals surface area contributed by atoms with E-state index < -0.39 is 5.97 Å². The molecule has 0 amide bonds. The van der Waals surface area contributed by atoms with Crippen LogP contribution in [0.25, 0.3) is 11.1 Å². The molecule has 3 aromatic rings. The molecule has 3 aromatic carbocycles. The first-order chi connectivity index (χ1) is 17.7. The smallest absolute Gasteiger partial charge is 0.303 e. The molecule has 0 spiro atoms. The van der Waals surface area contributed by atoms with Crippen LogP contribution >= 0.6 is 11.8 Å². The molecule has 4 rings (SSSR count). The number of ether oxygens (including phenoxy) is 1. The molecular formula is C32H37FO3S. The molecule has 1 N–H and O–H groups in total. The molecule has 0 bridgehead atoms. The lowest BCUT2D eigenvalue weighted by Crippen LogP contribution is -2.16. The average Bonchev–Trinajstić information content (AvgIpc) is 3.25. The largest absolute Gasteiger partial charge is 0.497 e. The first-order valence-electron chi connectivity index (χ1n) is 13.1. The van der Waals surface area contributed by atoms with Gasteiger partial charge in [0.1, 0.15) is 11.6 Å². The lowest BCUT2D eigenvalue weighted by atomic mass is 9.75. The zero-order valence-electron chi connectivity index (χ0n) is 22.2. The fourth-order valence-electron chi connectivity index (χ4n) is 5.71. The Morgan fingerprint density at radius 2 is 1.95 bits per heavy atom. The summed E-state index contributed by atoms with van der Waals surface area (Å²) in [7, 11) is 1.61. The third kappa shape index (κ3) is 6.38. The summed E-state index contributed by atoms with van der Waals surface area (Å²) in [5, 5.41) is 9.27. The van der Waals surface area contributed by atoms with Crippen molar-refractivity contribution < 1.29 is 19.0 Å². The van der Waals surface area contributed by atoms with Crippen molar-refractivity contribution in [1.29, 1.82) is 0 Å². The van der Waals surface area contributed by atoms with Crippen LogP contribution < -0.4 is 4.74 Å². The topological polar surface area (TPSA) is 46.5 Å². The minimum absolute atomic E-state index is 0.0197. The van der Waals surface area contributed by atoms with Crippen molar-refractivity contribution in [3.63, 3.8) is 0 Å². The van der Waals surface area contributed by atoms with Gasteiger partial charge in [-0.05, 0) is 89.1 Å². The Labute approximate surface area is 224 Å². The number of halogens is 1. The summed E-state index contributed by atoms with van der Waals surface area (Å²) in [5.74, 6) is 0.832. The number of carboxylic acids is 1. The van der Waals surface area contributed by atoms with Gasteiger partial charge < -0.3 is 9.84 Å². The highest BCUT2D eigenvalue weighted by Crippen LogP contribution is 2.51. The number of carboxylic acid groups (broad SMARTS) is 1. The lowest BCUT2D eigenvalue weighted by molar-refractivity contribution is -0.137. The third-order valence-corrected chi connectivity index (χ3v) is 8.93. The van der Waals surface area contributed by atoms with E-state index in [1.165, 1.54) is 30.0 Å². The predicted molar refractivity (Wildman–Crippen MR) is 150 cm³/mol. The van der Waals surface area contributed by atoms with Crippen molar-refractivity contribution in [3.8, 4) is 16.9 Å². The molecule has 37 heavy (non-hydrogen) atoms. The van der Waals surface area contributed by atoms with Gasteiger partial charge in [0, 0.05) is 16.2 Å². The van der Waals surface area contributed by atoms with Crippen LogP contribution in [0.4, 0.5) is 4.39 Å². The monoisotopic (exact) mass is 520 g/mol. The Kier molecular flexibility index (Phi) is 8.63. The first-order valence-corrected chi connectivity index (χ1v) is 14.1. The van der Waals surface area contributed by atoms with E-state index in [0.29, 0.717) is 17.2 Å². The second-order valence-electron chi connectivity index (χ2n) is 10.8. The first kappa shape index (κ1) is 27.3. The number of aliphatic carboxylic acids is 1. The average molecular weight is 521 g/mol. The maximum absolute atomic E-state index is 15.0. The van der Waals surface area contributed by atoms with Crippen LogP contribution in [0.2, 0.25) is 0 Å². The molecule has 1 saturated carbocycles. The van der Waals surface area contributed by atoms with Crippen LogP contribution in [0.3, 0.4) is 0 Å². The highest BCUT2D eigenvalue weighted by atomic mass is 32.2. The van der Waals surface area contributed by atoms with E-state index in [1.807, 2.05) is 19.1 Å². The van der Waals surface area contributed by atoms with Crippen LogP contribution in [-0.2, 0) is 10.5 Å². The Morgan fingerprint density at radius 3 is 2.62 bits per heavy atom. The van der Waals surface area contributed by atoms with Gasteiger partial charge >= 0.3 is 5.97 Å². The lowest BCUT2D eigenvalue weighted by Gasteiger charge is -2.30. The normalized spacial score (nSPS) is 17.5. The maximum Gasteiger partial charge on any atom is 0.303 e. The SMILES string of the molecule is CC[C@@H](CC(=O)O)c1cccc(SCc2ccc(-c3cc(OC)ccc3F)c([C@@H]3CCCC3(C)C)c2)c1. The summed E-state index contributed by atoms with van der Waals surface area (Å²) < 4.78 is 20.4. The maximum atomic E-state index is 15.0. The molecule has 3 nitrogen and oxygen atoms in total. The van der Waals surface area contributed by atoms with Crippen molar-refractivity contribution in [1.82, 2.24) is 0 Å².